The normalized spacial score (nSPS) is 17.7. The maximum absolute atomic E-state index is 13.1. The Morgan fingerprint density at radius 3 is 2.62 bits per heavy atom. The number of nitrogens with one attached hydrogen (secondary N) is 1. The fourth-order valence-electron chi connectivity index (χ4n) is 3.28. The highest BCUT2D eigenvalue weighted by atomic mass is 35.5. The Morgan fingerprint density at radius 1 is 1.08 bits per heavy atom. The van der Waals surface area contributed by atoms with Gasteiger partial charge in [0.1, 0.15) is 5.82 Å². The fourth-order valence-corrected chi connectivity index (χ4v) is 4.32. The Morgan fingerprint density at radius 2 is 1.85 bits per heavy atom. The zero-order valence-electron chi connectivity index (χ0n) is 14.3. The summed E-state index contributed by atoms with van der Waals surface area (Å²) in [5.74, 6) is -0.193. The van der Waals surface area contributed by atoms with Gasteiger partial charge in [-0.25, -0.2) is 4.39 Å². The number of halogens is 2. The molecule has 3 heterocycles. The van der Waals surface area contributed by atoms with Gasteiger partial charge in [-0.1, -0.05) is 12.1 Å². The summed E-state index contributed by atoms with van der Waals surface area (Å²) in [6.45, 7) is 3.93. The SMILES string of the molecule is Cl.Fc1ccc(-c2ccc(CN3CCNCC3c3ccncc3)s2)cc1. The monoisotopic (exact) mass is 389 g/mol. The summed E-state index contributed by atoms with van der Waals surface area (Å²) in [4.78, 5) is 9.17. The van der Waals surface area contributed by atoms with E-state index in [1.807, 2.05) is 24.5 Å². The van der Waals surface area contributed by atoms with E-state index in [0.717, 1.165) is 31.7 Å². The van der Waals surface area contributed by atoms with E-state index >= 15 is 0 Å². The third kappa shape index (κ3) is 4.30. The molecule has 0 aliphatic carbocycles. The topological polar surface area (TPSA) is 28.2 Å². The molecule has 0 spiro atoms. The molecule has 0 bridgehead atoms. The molecule has 0 saturated carbocycles. The number of benzene rings is 1. The standard InChI is InChI=1S/C20H20FN3S.ClH/c21-17-3-1-16(2-4-17)20-6-5-18(25-20)14-24-12-11-23-13-19(24)15-7-9-22-10-8-15;/h1-10,19,23H,11-14H2;1H. The van der Waals surface area contributed by atoms with Crippen LogP contribution in [0.4, 0.5) is 4.39 Å². The van der Waals surface area contributed by atoms with Crippen molar-refractivity contribution in [3.63, 3.8) is 0 Å². The van der Waals surface area contributed by atoms with Crippen molar-refractivity contribution in [2.45, 2.75) is 12.6 Å². The van der Waals surface area contributed by atoms with Crippen LogP contribution in [0, 0.1) is 5.82 Å². The van der Waals surface area contributed by atoms with E-state index in [4.69, 9.17) is 0 Å². The van der Waals surface area contributed by atoms with Crippen molar-refractivity contribution < 1.29 is 4.39 Å². The Hall–Kier alpha value is -1.79. The Bertz CT molecular complexity index is 823. The fraction of sp³-hybridized carbons (Fsp3) is 0.250. The molecule has 6 heteroatoms. The van der Waals surface area contributed by atoms with Crippen LogP contribution >= 0.6 is 23.7 Å². The summed E-state index contributed by atoms with van der Waals surface area (Å²) in [5.41, 5.74) is 2.38. The van der Waals surface area contributed by atoms with Crippen LogP contribution in [0.2, 0.25) is 0 Å². The van der Waals surface area contributed by atoms with E-state index < -0.39 is 0 Å². The molecular weight excluding hydrogens is 369 g/mol. The van der Waals surface area contributed by atoms with Crippen LogP contribution in [0.1, 0.15) is 16.5 Å². The third-order valence-electron chi connectivity index (χ3n) is 4.59. The van der Waals surface area contributed by atoms with Crippen LogP contribution in [0.3, 0.4) is 0 Å². The highest BCUT2D eigenvalue weighted by Crippen LogP contribution is 2.31. The summed E-state index contributed by atoms with van der Waals surface area (Å²) >= 11 is 1.79. The number of rotatable bonds is 4. The number of hydrogen-bond donors (Lipinski definition) is 1. The number of aromatic nitrogens is 1. The summed E-state index contributed by atoms with van der Waals surface area (Å²) in [6, 6.07) is 15.6. The summed E-state index contributed by atoms with van der Waals surface area (Å²) < 4.78 is 13.1. The van der Waals surface area contributed by atoms with Gasteiger partial charge in [-0.3, -0.25) is 9.88 Å². The molecule has 1 fully saturated rings. The number of pyridine rings is 1. The minimum absolute atomic E-state index is 0. The minimum atomic E-state index is -0.193. The van der Waals surface area contributed by atoms with Crippen LogP contribution in [0.25, 0.3) is 10.4 Å². The van der Waals surface area contributed by atoms with Crippen LogP contribution in [0.15, 0.2) is 60.9 Å². The molecule has 2 aromatic heterocycles. The van der Waals surface area contributed by atoms with E-state index in [1.54, 1.807) is 11.3 Å². The number of hydrogen-bond acceptors (Lipinski definition) is 4. The lowest BCUT2D eigenvalue weighted by molar-refractivity contribution is 0.155. The number of nitrogens with zero attached hydrogens (tertiary/aromatic N) is 2. The van der Waals surface area contributed by atoms with Crippen LogP contribution in [0.5, 0.6) is 0 Å². The lowest BCUT2D eigenvalue weighted by Gasteiger charge is -2.36. The molecule has 1 unspecified atom stereocenters. The van der Waals surface area contributed by atoms with Gasteiger partial charge in [-0.2, -0.15) is 0 Å². The first-order valence-electron chi connectivity index (χ1n) is 8.49. The molecule has 1 aromatic carbocycles. The van der Waals surface area contributed by atoms with E-state index in [2.05, 4.69) is 39.5 Å². The molecule has 1 saturated heterocycles. The minimum Gasteiger partial charge on any atom is -0.314 e. The number of piperazine rings is 1. The van der Waals surface area contributed by atoms with Crippen LogP contribution < -0.4 is 5.32 Å². The van der Waals surface area contributed by atoms with Gasteiger partial charge in [0, 0.05) is 54.4 Å². The van der Waals surface area contributed by atoms with Gasteiger partial charge < -0.3 is 5.32 Å². The Labute approximate surface area is 163 Å². The molecule has 1 N–H and O–H groups in total. The average molecular weight is 390 g/mol. The van der Waals surface area contributed by atoms with Gasteiger partial charge in [-0.05, 0) is 47.5 Å². The number of thiophene rings is 1. The first-order chi connectivity index (χ1) is 12.3. The first-order valence-corrected chi connectivity index (χ1v) is 9.30. The average Bonchev–Trinajstić information content (AvgIpc) is 3.12. The van der Waals surface area contributed by atoms with Gasteiger partial charge in [0.05, 0.1) is 0 Å². The van der Waals surface area contributed by atoms with Gasteiger partial charge in [0.25, 0.3) is 0 Å². The molecule has 0 amide bonds. The highest BCUT2D eigenvalue weighted by Gasteiger charge is 2.24. The molecule has 3 aromatic rings. The van der Waals surface area contributed by atoms with Gasteiger partial charge in [-0.15, -0.1) is 23.7 Å². The van der Waals surface area contributed by atoms with Crippen molar-refractivity contribution in [2.24, 2.45) is 0 Å². The summed E-state index contributed by atoms with van der Waals surface area (Å²) in [6.07, 6.45) is 3.72. The van der Waals surface area contributed by atoms with Crippen molar-refractivity contribution in [1.82, 2.24) is 15.2 Å². The van der Waals surface area contributed by atoms with E-state index in [1.165, 1.54) is 27.5 Å². The predicted molar refractivity (Wildman–Crippen MR) is 107 cm³/mol. The molecule has 4 rings (SSSR count). The maximum atomic E-state index is 13.1. The second-order valence-electron chi connectivity index (χ2n) is 6.24. The molecule has 1 aliphatic heterocycles. The van der Waals surface area contributed by atoms with Crippen LogP contribution in [-0.2, 0) is 6.54 Å². The molecule has 3 nitrogen and oxygen atoms in total. The molecule has 1 atom stereocenters. The summed E-state index contributed by atoms with van der Waals surface area (Å²) in [7, 11) is 0. The van der Waals surface area contributed by atoms with Crippen molar-refractivity contribution in [1.29, 1.82) is 0 Å². The quantitative estimate of drug-likeness (QED) is 0.711. The maximum Gasteiger partial charge on any atom is 0.123 e. The Balaban J connectivity index is 0.00000196. The molecule has 1 aliphatic rings. The van der Waals surface area contributed by atoms with Crippen molar-refractivity contribution in [2.75, 3.05) is 19.6 Å². The molecular formula is C20H21ClFN3S. The predicted octanol–water partition coefficient (Wildman–Crippen LogP) is 4.52. The Kier molecular flexibility index (Phi) is 6.38. The molecule has 0 radical (unpaired) electrons. The lowest BCUT2D eigenvalue weighted by atomic mass is 10.0. The zero-order valence-corrected chi connectivity index (χ0v) is 15.9. The second kappa shape index (κ2) is 8.73. The third-order valence-corrected chi connectivity index (χ3v) is 5.71. The largest absolute Gasteiger partial charge is 0.314 e. The van der Waals surface area contributed by atoms with Crippen molar-refractivity contribution in [3.05, 3.63) is 77.2 Å². The lowest BCUT2D eigenvalue weighted by Crippen LogP contribution is -2.45. The van der Waals surface area contributed by atoms with Crippen molar-refractivity contribution >= 4 is 23.7 Å². The summed E-state index contributed by atoms with van der Waals surface area (Å²) in [5, 5.41) is 3.49. The van der Waals surface area contributed by atoms with E-state index in [0.29, 0.717) is 6.04 Å². The van der Waals surface area contributed by atoms with Crippen LogP contribution in [-0.4, -0.2) is 29.5 Å². The molecule has 136 valence electrons. The van der Waals surface area contributed by atoms with E-state index in [-0.39, 0.29) is 18.2 Å². The van der Waals surface area contributed by atoms with Gasteiger partial charge in [0.2, 0.25) is 0 Å². The van der Waals surface area contributed by atoms with E-state index in [9.17, 15) is 4.39 Å². The zero-order chi connectivity index (χ0) is 17.1. The molecule has 26 heavy (non-hydrogen) atoms. The second-order valence-corrected chi connectivity index (χ2v) is 7.41. The smallest absolute Gasteiger partial charge is 0.123 e. The van der Waals surface area contributed by atoms with Gasteiger partial charge in [0.15, 0.2) is 0 Å². The van der Waals surface area contributed by atoms with Crippen molar-refractivity contribution in [3.8, 4) is 10.4 Å². The van der Waals surface area contributed by atoms with Gasteiger partial charge >= 0.3 is 0 Å². The highest BCUT2D eigenvalue weighted by molar-refractivity contribution is 7.15. The first kappa shape index (κ1) is 19.0.